The van der Waals surface area contributed by atoms with Crippen LogP contribution in [0.4, 0.5) is 0 Å². The molecular weight excluding hydrogens is 556 g/mol. The van der Waals surface area contributed by atoms with E-state index in [4.69, 9.17) is 4.42 Å². The van der Waals surface area contributed by atoms with Gasteiger partial charge in [0.1, 0.15) is 11.2 Å². The van der Waals surface area contributed by atoms with E-state index >= 15 is 0 Å². The average Bonchev–Trinajstić information content (AvgIpc) is 3.49. The molecule has 46 heavy (non-hydrogen) atoms. The predicted molar refractivity (Wildman–Crippen MR) is 196 cm³/mol. The number of hydrogen-bond acceptors (Lipinski definition) is 1. The van der Waals surface area contributed by atoms with Crippen molar-refractivity contribution in [1.29, 1.82) is 0 Å². The van der Waals surface area contributed by atoms with Crippen LogP contribution >= 0.6 is 0 Å². The van der Waals surface area contributed by atoms with Gasteiger partial charge in [-0.1, -0.05) is 146 Å². The molecule has 1 heterocycles. The van der Waals surface area contributed by atoms with E-state index in [-0.39, 0.29) is 5.41 Å². The number of furan rings is 1. The Bertz CT molecular complexity index is 2740. The Morgan fingerprint density at radius 2 is 1.22 bits per heavy atom. The Morgan fingerprint density at radius 1 is 0.543 bits per heavy atom. The summed E-state index contributed by atoms with van der Waals surface area (Å²) in [6.45, 7) is 2.33. The van der Waals surface area contributed by atoms with Crippen molar-refractivity contribution in [3.8, 4) is 11.1 Å². The molecule has 216 valence electrons. The summed E-state index contributed by atoms with van der Waals surface area (Å²) < 4.78 is 6.44. The van der Waals surface area contributed by atoms with Crippen molar-refractivity contribution in [2.24, 2.45) is 0 Å². The highest BCUT2D eigenvalue weighted by atomic mass is 16.3. The molecule has 0 aliphatic heterocycles. The van der Waals surface area contributed by atoms with Crippen molar-refractivity contribution in [2.75, 3.05) is 0 Å². The Morgan fingerprint density at radius 3 is 2.02 bits per heavy atom. The van der Waals surface area contributed by atoms with E-state index in [1.807, 2.05) is 6.07 Å². The Kier molecular flexibility index (Phi) is 5.25. The zero-order chi connectivity index (χ0) is 30.4. The molecule has 1 aromatic heterocycles. The lowest BCUT2D eigenvalue weighted by atomic mass is 9.74. The van der Waals surface area contributed by atoms with Gasteiger partial charge in [-0.25, -0.2) is 0 Å². The summed E-state index contributed by atoms with van der Waals surface area (Å²) in [6.07, 6.45) is 8.05. The first-order chi connectivity index (χ1) is 22.6. The number of rotatable bonds is 3. The highest BCUT2D eigenvalue weighted by Gasteiger charge is 2.29. The molecule has 0 unspecified atom stereocenters. The van der Waals surface area contributed by atoms with E-state index in [0.29, 0.717) is 0 Å². The molecule has 1 heteroatoms. The smallest absolute Gasteiger partial charge is 0.139 e. The number of para-hydroxylation sites is 2. The molecule has 10 rings (SSSR count). The summed E-state index contributed by atoms with van der Waals surface area (Å²) in [5.74, 6) is 0. The zero-order valence-corrected chi connectivity index (χ0v) is 25.5. The van der Waals surface area contributed by atoms with Crippen molar-refractivity contribution in [1.82, 2.24) is 0 Å². The second-order valence-corrected chi connectivity index (χ2v) is 13.1. The van der Waals surface area contributed by atoms with Gasteiger partial charge in [-0.3, -0.25) is 0 Å². The second-order valence-electron chi connectivity index (χ2n) is 13.1. The maximum atomic E-state index is 6.44. The van der Waals surface area contributed by atoms with Crippen molar-refractivity contribution >= 4 is 70.6 Å². The molecule has 0 saturated carbocycles. The van der Waals surface area contributed by atoms with Crippen molar-refractivity contribution in [3.05, 3.63) is 163 Å². The monoisotopic (exact) mass is 586 g/mol. The Labute approximate surface area is 267 Å². The molecule has 0 fully saturated rings. The fourth-order valence-corrected chi connectivity index (χ4v) is 7.99. The zero-order valence-electron chi connectivity index (χ0n) is 25.5. The van der Waals surface area contributed by atoms with E-state index in [0.717, 1.165) is 17.6 Å². The quantitative estimate of drug-likeness (QED) is 0.188. The third-order valence-corrected chi connectivity index (χ3v) is 10.4. The van der Waals surface area contributed by atoms with E-state index in [1.54, 1.807) is 0 Å². The fraction of sp³-hybridized carbons (Fsp3) is 0.0667. The Balaban J connectivity index is 1.10. The number of allylic oxidation sites excluding steroid dienone is 4. The summed E-state index contributed by atoms with van der Waals surface area (Å²) in [6, 6.07) is 48.8. The lowest BCUT2D eigenvalue weighted by molar-refractivity contribution is 0.582. The largest absolute Gasteiger partial charge is 0.456 e. The highest BCUT2D eigenvalue weighted by molar-refractivity contribution is 6.27. The minimum Gasteiger partial charge on any atom is -0.456 e. The third kappa shape index (κ3) is 3.63. The van der Waals surface area contributed by atoms with Crippen LogP contribution in [0.2, 0.25) is 0 Å². The van der Waals surface area contributed by atoms with Gasteiger partial charge in [-0.05, 0) is 83.9 Å². The molecule has 0 amide bonds. The first kappa shape index (κ1) is 25.6. The summed E-state index contributed by atoms with van der Waals surface area (Å²) in [7, 11) is 0. The molecule has 8 aromatic carbocycles. The molecule has 0 spiro atoms. The molecule has 9 aromatic rings. The van der Waals surface area contributed by atoms with Gasteiger partial charge >= 0.3 is 0 Å². The molecule has 0 saturated heterocycles. The van der Waals surface area contributed by atoms with Crippen LogP contribution in [0.3, 0.4) is 0 Å². The van der Waals surface area contributed by atoms with E-state index in [2.05, 4.69) is 153 Å². The van der Waals surface area contributed by atoms with E-state index in [9.17, 15) is 0 Å². The van der Waals surface area contributed by atoms with Gasteiger partial charge in [0.2, 0.25) is 0 Å². The summed E-state index contributed by atoms with van der Waals surface area (Å²) in [4.78, 5) is 0. The molecule has 0 bridgehead atoms. The van der Waals surface area contributed by atoms with Crippen LogP contribution in [-0.4, -0.2) is 0 Å². The van der Waals surface area contributed by atoms with Crippen LogP contribution in [0.1, 0.15) is 24.5 Å². The van der Waals surface area contributed by atoms with Crippen LogP contribution < -0.4 is 0 Å². The summed E-state index contributed by atoms with van der Waals surface area (Å²) >= 11 is 0. The SMILES string of the molecule is C[C@@]1(c2cccc3c2oc2ccccc23)C=CC(c2ccc3ccc4ccc(-c5ccc6ccccc6c5)c5ccc2c3c45)=CC1. The minimum absolute atomic E-state index is 0.157. The summed E-state index contributed by atoms with van der Waals surface area (Å²) in [5, 5.41) is 12.8. The molecular formula is C45H30O. The average molecular weight is 587 g/mol. The molecule has 0 radical (unpaired) electrons. The molecule has 0 N–H and O–H groups in total. The van der Waals surface area contributed by atoms with Crippen molar-refractivity contribution in [2.45, 2.75) is 18.8 Å². The van der Waals surface area contributed by atoms with E-state index < -0.39 is 0 Å². The van der Waals surface area contributed by atoms with Gasteiger partial charge in [-0.15, -0.1) is 0 Å². The van der Waals surface area contributed by atoms with Gasteiger partial charge in [0.25, 0.3) is 0 Å². The van der Waals surface area contributed by atoms with Crippen LogP contribution in [0.25, 0.3) is 81.7 Å². The number of hydrogen-bond donors (Lipinski definition) is 0. The van der Waals surface area contributed by atoms with Gasteiger partial charge in [0.15, 0.2) is 0 Å². The van der Waals surface area contributed by atoms with Crippen LogP contribution in [0.15, 0.2) is 156 Å². The Hall–Kier alpha value is -5.66. The third-order valence-electron chi connectivity index (χ3n) is 10.4. The van der Waals surface area contributed by atoms with Crippen LogP contribution in [-0.2, 0) is 5.41 Å². The predicted octanol–water partition coefficient (Wildman–Crippen LogP) is 12.6. The van der Waals surface area contributed by atoms with Crippen LogP contribution in [0, 0.1) is 0 Å². The summed E-state index contributed by atoms with van der Waals surface area (Å²) in [5.41, 5.74) is 8.14. The lowest BCUT2D eigenvalue weighted by Gasteiger charge is -2.29. The molecule has 1 atom stereocenters. The number of fused-ring (bicyclic) bond motifs is 4. The maximum Gasteiger partial charge on any atom is 0.139 e. The lowest BCUT2D eigenvalue weighted by Crippen LogP contribution is -2.20. The van der Waals surface area contributed by atoms with Crippen LogP contribution in [0.5, 0.6) is 0 Å². The first-order valence-corrected chi connectivity index (χ1v) is 16.1. The normalized spacial score (nSPS) is 16.8. The second kappa shape index (κ2) is 9.42. The maximum absolute atomic E-state index is 6.44. The highest BCUT2D eigenvalue weighted by Crippen LogP contribution is 2.45. The van der Waals surface area contributed by atoms with Gasteiger partial charge in [-0.2, -0.15) is 0 Å². The topological polar surface area (TPSA) is 13.1 Å². The van der Waals surface area contributed by atoms with Gasteiger partial charge in [0.05, 0.1) is 0 Å². The minimum atomic E-state index is -0.157. The molecule has 1 aliphatic rings. The van der Waals surface area contributed by atoms with Gasteiger partial charge < -0.3 is 4.42 Å². The van der Waals surface area contributed by atoms with Crippen molar-refractivity contribution in [3.63, 3.8) is 0 Å². The first-order valence-electron chi connectivity index (χ1n) is 16.1. The van der Waals surface area contributed by atoms with E-state index in [1.165, 1.54) is 81.7 Å². The fourth-order valence-electron chi connectivity index (χ4n) is 7.99. The molecule has 1 nitrogen and oxygen atoms in total. The van der Waals surface area contributed by atoms with Crippen molar-refractivity contribution < 1.29 is 4.42 Å². The van der Waals surface area contributed by atoms with Gasteiger partial charge in [0, 0.05) is 21.8 Å². The molecule has 1 aliphatic carbocycles. The number of benzene rings is 8. The standard InChI is InChI=1S/C45H30O/c1-45(40-11-6-10-39-36-9-4-5-12-41(36)46-44(39)40)25-23-29(24-26-45)34-19-17-30-14-15-31-18-20-35(38-22-21-37(34)42(30)43(31)38)33-16-13-28-7-2-3-8-32(28)27-33/h2-25,27H,26H2,1H3/t45-/m1/s1.